The first-order valence-corrected chi connectivity index (χ1v) is 10.1. The molecule has 2 atom stereocenters. The van der Waals surface area contributed by atoms with Crippen molar-refractivity contribution in [3.05, 3.63) is 71.8 Å². The van der Waals surface area contributed by atoms with Crippen LogP contribution in [0.3, 0.4) is 0 Å². The first-order valence-electron chi connectivity index (χ1n) is 10.1. The van der Waals surface area contributed by atoms with E-state index in [2.05, 4.69) is 11.7 Å². The highest BCUT2D eigenvalue weighted by Crippen LogP contribution is 2.25. The van der Waals surface area contributed by atoms with E-state index in [0.29, 0.717) is 5.92 Å². The Morgan fingerprint density at radius 1 is 0.774 bits per heavy atom. The molecule has 0 saturated carbocycles. The number of ether oxygens (including phenoxy) is 1. The fraction of sp³-hybridized carbons (Fsp3) is 0.417. The lowest BCUT2D eigenvalue weighted by Gasteiger charge is -2.19. The van der Waals surface area contributed by atoms with Crippen LogP contribution in [0.4, 0.5) is 0 Å². The summed E-state index contributed by atoms with van der Waals surface area (Å²) in [5.74, 6) is 8.30. The SMILES string of the molecule is CC(C)C(C(=O)CN)c1ccccc1.COC(=O)C(c1ccccc1)C(C)C.NN.O. The second-order valence-corrected chi connectivity index (χ2v) is 7.46. The molecule has 2 aromatic rings. The minimum absolute atomic E-state index is 0. The Bertz CT molecular complexity index is 659. The van der Waals surface area contributed by atoms with Gasteiger partial charge in [0.2, 0.25) is 0 Å². The van der Waals surface area contributed by atoms with E-state index in [-0.39, 0.29) is 41.5 Å². The quantitative estimate of drug-likeness (QED) is 0.346. The van der Waals surface area contributed by atoms with Crippen LogP contribution in [-0.2, 0) is 14.3 Å². The summed E-state index contributed by atoms with van der Waals surface area (Å²) in [6, 6.07) is 19.6. The van der Waals surface area contributed by atoms with E-state index in [0.717, 1.165) is 11.1 Å². The zero-order valence-corrected chi connectivity index (χ0v) is 19.2. The smallest absolute Gasteiger partial charge is 0.313 e. The number of Topliss-reactive ketones (excluding diaryl/α,β-unsaturated/α-hetero) is 1. The Morgan fingerprint density at radius 2 is 1.13 bits per heavy atom. The molecule has 174 valence electrons. The Balaban J connectivity index is 0. The molecular weight excluding hydrogens is 394 g/mol. The minimum Gasteiger partial charge on any atom is -0.469 e. The largest absolute Gasteiger partial charge is 0.469 e. The van der Waals surface area contributed by atoms with Crippen molar-refractivity contribution in [2.24, 2.45) is 29.3 Å². The first-order chi connectivity index (χ1) is 14.3. The Labute approximate surface area is 186 Å². The number of hydrogen-bond donors (Lipinski definition) is 3. The van der Waals surface area contributed by atoms with E-state index in [1.807, 2.05) is 88.4 Å². The lowest BCUT2D eigenvalue weighted by atomic mass is 9.85. The van der Waals surface area contributed by atoms with Crippen LogP contribution in [0.1, 0.15) is 50.7 Å². The molecule has 8 N–H and O–H groups in total. The van der Waals surface area contributed by atoms with E-state index in [1.54, 1.807) is 0 Å². The molecule has 0 fully saturated rings. The van der Waals surface area contributed by atoms with Gasteiger partial charge in [0.1, 0.15) is 0 Å². The zero-order chi connectivity index (χ0) is 23.1. The van der Waals surface area contributed by atoms with E-state index < -0.39 is 0 Å². The molecule has 7 heteroatoms. The second kappa shape index (κ2) is 17.1. The number of hydrazine groups is 1. The summed E-state index contributed by atoms with van der Waals surface area (Å²) < 4.78 is 4.79. The number of ketones is 1. The lowest BCUT2D eigenvalue weighted by molar-refractivity contribution is -0.143. The average molecular weight is 434 g/mol. The van der Waals surface area contributed by atoms with Crippen LogP contribution in [0, 0.1) is 11.8 Å². The number of rotatable bonds is 7. The highest BCUT2D eigenvalue weighted by molar-refractivity contribution is 5.87. The molecule has 0 saturated heterocycles. The van der Waals surface area contributed by atoms with Gasteiger partial charge in [-0.05, 0) is 23.0 Å². The van der Waals surface area contributed by atoms with Crippen LogP contribution in [0.5, 0.6) is 0 Å². The van der Waals surface area contributed by atoms with Crippen LogP contribution in [0.15, 0.2) is 60.7 Å². The lowest BCUT2D eigenvalue weighted by Crippen LogP contribution is -2.25. The van der Waals surface area contributed by atoms with E-state index in [4.69, 9.17) is 10.5 Å². The van der Waals surface area contributed by atoms with Gasteiger partial charge in [-0.3, -0.25) is 21.3 Å². The number of carbonyl (C=O) groups excluding carboxylic acids is 2. The molecule has 0 aromatic heterocycles. The molecule has 0 heterocycles. The van der Waals surface area contributed by atoms with Crippen molar-refractivity contribution in [1.29, 1.82) is 0 Å². The van der Waals surface area contributed by atoms with Gasteiger partial charge >= 0.3 is 5.97 Å². The third-order valence-electron chi connectivity index (χ3n) is 4.65. The van der Waals surface area contributed by atoms with Gasteiger partial charge in [0, 0.05) is 5.92 Å². The van der Waals surface area contributed by atoms with Gasteiger partial charge in [0.05, 0.1) is 19.6 Å². The minimum atomic E-state index is -0.161. The standard InChI is InChI=1S/C12H17NO.C12H16O2.H4N2.H2O/c1-9(2)12(11(14)8-13)10-6-4-3-5-7-10;1-9(2)11(12(13)14-3)10-7-5-4-6-8-10;1-2;/h3-7,9,12H,8,13H2,1-2H3;4-9,11H,1-3H3;1-2H2;1H2. The number of carbonyl (C=O) groups is 2. The van der Waals surface area contributed by atoms with Gasteiger partial charge in [-0.2, -0.15) is 0 Å². The van der Waals surface area contributed by atoms with E-state index in [1.165, 1.54) is 7.11 Å². The number of nitrogens with two attached hydrogens (primary N) is 3. The number of benzene rings is 2. The van der Waals surface area contributed by atoms with Gasteiger partial charge in [-0.25, -0.2) is 0 Å². The molecule has 7 nitrogen and oxygen atoms in total. The first kappa shape index (κ1) is 30.6. The van der Waals surface area contributed by atoms with Crippen LogP contribution in [0.25, 0.3) is 0 Å². The number of hydrogen-bond acceptors (Lipinski definition) is 6. The molecule has 2 rings (SSSR count). The zero-order valence-electron chi connectivity index (χ0n) is 19.2. The van der Waals surface area contributed by atoms with Gasteiger partial charge in [0.25, 0.3) is 0 Å². The summed E-state index contributed by atoms with van der Waals surface area (Å²) in [7, 11) is 1.43. The van der Waals surface area contributed by atoms with E-state index in [9.17, 15) is 9.59 Å². The van der Waals surface area contributed by atoms with Crippen molar-refractivity contribution in [3.8, 4) is 0 Å². The van der Waals surface area contributed by atoms with E-state index >= 15 is 0 Å². The Morgan fingerprint density at radius 3 is 1.42 bits per heavy atom. The van der Waals surface area contributed by atoms with Crippen LogP contribution >= 0.6 is 0 Å². The van der Waals surface area contributed by atoms with Crippen molar-refractivity contribution < 1.29 is 19.8 Å². The topological polar surface area (TPSA) is 153 Å². The van der Waals surface area contributed by atoms with Crippen molar-refractivity contribution in [1.82, 2.24) is 0 Å². The maximum absolute atomic E-state index is 11.6. The van der Waals surface area contributed by atoms with Gasteiger partial charge in [0.15, 0.2) is 5.78 Å². The molecule has 0 bridgehead atoms. The molecule has 0 radical (unpaired) electrons. The predicted molar refractivity (Wildman–Crippen MR) is 126 cm³/mol. The molecule has 0 aliphatic carbocycles. The summed E-state index contributed by atoms with van der Waals surface area (Å²) in [6.45, 7) is 8.26. The maximum atomic E-state index is 11.6. The summed E-state index contributed by atoms with van der Waals surface area (Å²) in [5, 5.41) is 0. The molecule has 0 spiro atoms. The van der Waals surface area contributed by atoms with Gasteiger partial charge in [-0.1, -0.05) is 88.4 Å². The maximum Gasteiger partial charge on any atom is 0.313 e. The van der Waals surface area contributed by atoms with Crippen molar-refractivity contribution in [2.45, 2.75) is 39.5 Å². The molecular formula is C24H39N3O4. The number of esters is 1. The fourth-order valence-electron chi connectivity index (χ4n) is 3.31. The monoisotopic (exact) mass is 433 g/mol. The second-order valence-electron chi connectivity index (χ2n) is 7.46. The van der Waals surface area contributed by atoms with Crippen molar-refractivity contribution >= 4 is 11.8 Å². The summed E-state index contributed by atoms with van der Waals surface area (Å²) in [5.41, 5.74) is 7.49. The fourth-order valence-corrected chi connectivity index (χ4v) is 3.31. The van der Waals surface area contributed by atoms with Crippen LogP contribution in [-0.4, -0.2) is 30.9 Å². The van der Waals surface area contributed by atoms with Crippen molar-refractivity contribution in [2.75, 3.05) is 13.7 Å². The third kappa shape index (κ3) is 10.3. The highest BCUT2D eigenvalue weighted by Gasteiger charge is 2.24. The van der Waals surface area contributed by atoms with Crippen LogP contribution in [0.2, 0.25) is 0 Å². The Kier molecular flexibility index (Phi) is 16.9. The molecule has 31 heavy (non-hydrogen) atoms. The summed E-state index contributed by atoms with van der Waals surface area (Å²) in [6.07, 6.45) is 0. The molecule has 2 unspecified atom stereocenters. The van der Waals surface area contributed by atoms with Gasteiger partial charge < -0.3 is 15.9 Å². The normalized spacial score (nSPS) is 11.7. The average Bonchev–Trinajstić information content (AvgIpc) is 2.76. The summed E-state index contributed by atoms with van der Waals surface area (Å²) in [4.78, 5) is 23.2. The molecule has 0 aliphatic rings. The Hall–Kier alpha value is -2.58. The highest BCUT2D eigenvalue weighted by atomic mass is 16.5. The van der Waals surface area contributed by atoms with Gasteiger partial charge in [-0.15, -0.1) is 0 Å². The third-order valence-corrected chi connectivity index (χ3v) is 4.65. The van der Waals surface area contributed by atoms with Crippen LogP contribution < -0.4 is 17.4 Å². The molecule has 2 aromatic carbocycles. The molecule has 0 amide bonds. The molecule has 0 aliphatic heterocycles. The predicted octanol–water partition coefficient (Wildman–Crippen LogP) is 2.55. The number of methoxy groups -OCH3 is 1. The van der Waals surface area contributed by atoms with Crippen molar-refractivity contribution in [3.63, 3.8) is 0 Å². The summed E-state index contributed by atoms with van der Waals surface area (Å²) >= 11 is 0.